The summed E-state index contributed by atoms with van der Waals surface area (Å²) in [5, 5.41) is 1.16. The van der Waals surface area contributed by atoms with Crippen molar-refractivity contribution in [3.63, 3.8) is 0 Å². The van der Waals surface area contributed by atoms with Crippen molar-refractivity contribution in [2.75, 3.05) is 50.8 Å². The van der Waals surface area contributed by atoms with Crippen LogP contribution in [0.3, 0.4) is 0 Å². The van der Waals surface area contributed by atoms with E-state index in [2.05, 4.69) is 62.3 Å². The number of H-pyrrole nitrogens is 1. The fourth-order valence-electron chi connectivity index (χ4n) is 5.49. The maximum Gasteiger partial charge on any atom is 0.162 e. The normalized spacial score (nSPS) is 21.1. The van der Waals surface area contributed by atoms with Gasteiger partial charge in [0.2, 0.25) is 0 Å². The zero-order valence-corrected chi connectivity index (χ0v) is 19.9. The van der Waals surface area contributed by atoms with Gasteiger partial charge in [-0.2, -0.15) is 0 Å². The van der Waals surface area contributed by atoms with E-state index >= 15 is 0 Å². The number of nitrogens with one attached hydrogen (secondary N) is 1. The summed E-state index contributed by atoms with van der Waals surface area (Å²) in [5.74, 6) is 1.85. The Morgan fingerprint density at radius 3 is 2.97 bits per heavy atom. The molecule has 0 unspecified atom stereocenters. The van der Waals surface area contributed by atoms with Crippen LogP contribution in [-0.4, -0.2) is 76.7 Å². The molecule has 0 spiro atoms. The van der Waals surface area contributed by atoms with Gasteiger partial charge in [-0.3, -0.25) is 4.90 Å². The SMILES string of the molecule is C1=CN2CCN(Cc3cc4nc(-c5cccc6[nH]ccc56)nc(N5CCOCC5)c4s3)C[C@@H]2C1. The van der Waals surface area contributed by atoms with Crippen molar-refractivity contribution >= 4 is 38.3 Å². The number of morpholine rings is 1. The van der Waals surface area contributed by atoms with E-state index in [-0.39, 0.29) is 0 Å². The number of fused-ring (bicyclic) bond motifs is 3. The van der Waals surface area contributed by atoms with Gasteiger partial charge in [0.15, 0.2) is 11.6 Å². The van der Waals surface area contributed by atoms with Gasteiger partial charge in [-0.1, -0.05) is 18.2 Å². The third-order valence-corrected chi connectivity index (χ3v) is 8.35. The molecular formula is C26H28N6OS. The molecule has 7 rings (SSSR count). The van der Waals surface area contributed by atoms with Crippen LogP contribution in [0.2, 0.25) is 0 Å². The van der Waals surface area contributed by atoms with Crippen LogP contribution in [0.1, 0.15) is 11.3 Å². The lowest BCUT2D eigenvalue weighted by atomic mass is 10.1. The number of hydrogen-bond acceptors (Lipinski definition) is 7. The van der Waals surface area contributed by atoms with Crippen LogP contribution < -0.4 is 4.90 Å². The molecule has 4 aromatic rings. The molecule has 6 heterocycles. The number of aromatic nitrogens is 3. The Labute approximate surface area is 202 Å². The Morgan fingerprint density at radius 1 is 1.09 bits per heavy atom. The lowest BCUT2D eigenvalue weighted by Gasteiger charge is -2.38. The quantitative estimate of drug-likeness (QED) is 0.483. The minimum atomic E-state index is 0.639. The standard InChI is InChI=1S/C26H28N6OS/c1-4-21(20-6-7-27-22(20)5-1)25-28-23-15-19(17-30-9-10-31-8-2-3-18(31)16-30)34-24(23)26(29-25)32-11-13-33-14-12-32/h1-2,4-8,15,18,27H,3,9-14,16-17H2/t18-/m0/s1. The predicted molar refractivity (Wildman–Crippen MR) is 137 cm³/mol. The van der Waals surface area contributed by atoms with E-state index < -0.39 is 0 Å². The Bertz CT molecular complexity index is 1370. The number of rotatable bonds is 4. The van der Waals surface area contributed by atoms with Gasteiger partial charge in [0, 0.05) is 72.9 Å². The summed E-state index contributed by atoms with van der Waals surface area (Å²) in [6.45, 7) is 7.56. The maximum atomic E-state index is 5.63. The first kappa shape index (κ1) is 20.4. The summed E-state index contributed by atoms with van der Waals surface area (Å²) in [7, 11) is 0. The molecule has 2 fully saturated rings. The fraction of sp³-hybridized carbons (Fsp3) is 0.385. The number of aromatic amines is 1. The molecule has 1 atom stereocenters. The number of thiophene rings is 1. The lowest BCUT2D eigenvalue weighted by Crippen LogP contribution is -2.48. The molecule has 3 aliphatic heterocycles. The second-order valence-corrected chi connectivity index (χ2v) is 10.5. The van der Waals surface area contributed by atoms with Gasteiger partial charge in [0.25, 0.3) is 0 Å². The average Bonchev–Trinajstić information content (AvgIpc) is 3.62. The molecular weight excluding hydrogens is 444 g/mol. The van der Waals surface area contributed by atoms with Crippen LogP contribution >= 0.6 is 11.3 Å². The highest BCUT2D eigenvalue weighted by molar-refractivity contribution is 7.19. The first-order valence-electron chi connectivity index (χ1n) is 12.2. The minimum absolute atomic E-state index is 0.639. The number of benzene rings is 1. The molecule has 0 saturated carbocycles. The second kappa shape index (κ2) is 8.37. The first-order valence-corrected chi connectivity index (χ1v) is 13.0. The van der Waals surface area contributed by atoms with Crippen LogP contribution in [0.15, 0.2) is 48.8 Å². The van der Waals surface area contributed by atoms with E-state index in [1.807, 2.05) is 17.5 Å². The molecule has 1 aromatic carbocycles. The first-order chi connectivity index (χ1) is 16.8. The van der Waals surface area contributed by atoms with Crippen molar-refractivity contribution in [3.8, 4) is 11.4 Å². The van der Waals surface area contributed by atoms with Gasteiger partial charge in [-0.05, 0) is 30.8 Å². The summed E-state index contributed by atoms with van der Waals surface area (Å²) in [6, 6.07) is 11.4. The number of piperazine rings is 1. The molecule has 174 valence electrons. The number of hydrogen-bond donors (Lipinski definition) is 1. The largest absolute Gasteiger partial charge is 0.378 e. The van der Waals surface area contributed by atoms with Crippen LogP contribution in [0, 0.1) is 0 Å². The van der Waals surface area contributed by atoms with Crippen LogP contribution in [0.5, 0.6) is 0 Å². The zero-order chi connectivity index (χ0) is 22.5. The van der Waals surface area contributed by atoms with Gasteiger partial charge < -0.3 is 19.5 Å². The fourth-order valence-corrected chi connectivity index (χ4v) is 6.64. The molecule has 0 aliphatic carbocycles. The van der Waals surface area contributed by atoms with Crippen LogP contribution in [0.4, 0.5) is 5.82 Å². The van der Waals surface area contributed by atoms with E-state index in [9.17, 15) is 0 Å². The Kier molecular flexibility index (Phi) is 5.03. The van der Waals surface area contributed by atoms with Crippen molar-refractivity contribution < 1.29 is 4.74 Å². The third-order valence-electron chi connectivity index (χ3n) is 7.25. The number of anilines is 1. The minimum Gasteiger partial charge on any atom is -0.378 e. The van der Waals surface area contributed by atoms with E-state index in [1.165, 1.54) is 16.0 Å². The van der Waals surface area contributed by atoms with Gasteiger partial charge in [0.1, 0.15) is 0 Å². The van der Waals surface area contributed by atoms with E-state index in [0.29, 0.717) is 6.04 Å². The number of nitrogens with zero attached hydrogens (tertiary/aromatic N) is 5. The van der Waals surface area contributed by atoms with Gasteiger partial charge in [-0.15, -0.1) is 11.3 Å². The summed E-state index contributed by atoms with van der Waals surface area (Å²) >= 11 is 1.86. The summed E-state index contributed by atoms with van der Waals surface area (Å²) in [4.78, 5) is 22.4. The Balaban J connectivity index is 1.28. The molecule has 3 aliphatic rings. The maximum absolute atomic E-state index is 5.63. The summed E-state index contributed by atoms with van der Waals surface area (Å²) < 4.78 is 6.83. The third kappa shape index (κ3) is 3.57. The molecule has 0 bridgehead atoms. The summed E-state index contributed by atoms with van der Waals surface area (Å²) in [6.07, 6.45) is 7.74. The summed E-state index contributed by atoms with van der Waals surface area (Å²) in [5.41, 5.74) is 3.24. The smallest absolute Gasteiger partial charge is 0.162 e. The molecule has 8 heteroatoms. The molecule has 2 saturated heterocycles. The van der Waals surface area contributed by atoms with Gasteiger partial charge in [-0.25, -0.2) is 9.97 Å². The van der Waals surface area contributed by atoms with Gasteiger partial charge >= 0.3 is 0 Å². The number of ether oxygens (including phenoxy) is 1. The van der Waals surface area contributed by atoms with Crippen LogP contribution in [0.25, 0.3) is 32.5 Å². The monoisotopic (exact) mass is 472 g/mol. The topological polar surface area (TPSA) is 60.5 Å². The lowest BCUT2D eigenvalue weighted by molar-refractivity contribution is 0.118. The molecule has 1 N–H and O–H groups in total. The van der Waals surface area contributed by atoms with Crippen molar-refractivity contribution in [2.45, 2.75) is 19.0 Å². The van der Waals surface area contributed by atoms with Crippen LogP contribution in [-0.2, 0) is 11.3 Å². The molecule has 0 radical (unpaired) electrons. The van der Waals surface area contributed by atoms with Crippen molar-refractivity contribution in [2.24, 2.45) is 0 Å². The van der Waals surface area contributed by atoms with Gasteiger partial charge in [0.05, 0.1) is 23.4 Å². The highest BCUT2D eigenvalue weighted by Gasteiger charge is 2.28. The molecule has 3 aromatic heterocycles. The van der Waals surface area contributed by atoms with Crippen molar-refractivity contribution in [3.05, 3.63) is 53.7 Å². The highest BCUT2D eigenvalue weighted by atomic mass is 32.1. The highest BCUT2D eigenvalue weighted by Crippen LogP contribution is 2.36. The van der Waals surface area contributed by atoms with E-state index in [4.69, 9.17) is 14.7 Å². The average molecular weight is 473 g/mol. The van der Waals surface area contributed by atoms with E-state index in [1.54, 1.807) is 0 Å². The zero-order valence-electron chi connectivity index (χ0n) is 19.1. The van der Waals surface area contributed by atoms with Crippen molar-refractivity contribution in [1.29, 1.82) is 0 Å². The van der Waals surface area contributed by atoms with Crippen molar-refractivity contribution in [1.82, 2.24) is 24.8 Å². The predicted octanol–water partition coefficient (Wildman–Crippen LogP) is 4.08. The second-order valence-electron chi connectivity index (χ2n) is 9.39. The Hall–Kier alpha value is -2.94. The molecule has 34 heavy (non-hydrogen) atoms. The Morgan fingerprint density at radius 2 is 2.03 bits per heavy atom. The van der Waals surface area contributed by atoms with E-state index in [0.717, 1.165) is 86.1 Å². The molecule has 0 amide bonds. The molecule has 7 nitrogen and oxygen atoms in total.